The molecule has 0 N–H and O–H groups in total. The topological polar surface area (TPSA) is 82.8 Å². The predicted molar refractivity (Wildman–Crippen MR) is 141 cm³/mol. The largest absolute Gasteiger partial charge is 0.478 e. The molecule has 180 valence electrons. The first-order chi connectivity index (χ1) is 16.8. The molecule has 0 fully saturated rings. The smallest absolute Gasteiger partial charge is 0.346 e. The van der Waals surface area contributed by atoms with Gasteiger partial charge in [-0.05, 0) is 48.4 Å². The van der Waals surface area contributed by atoms with E-state index in [1.807, 2.05) is 56.3 Å². The number of fused-ring (bicyclic) bond motifs is 2. The van der Waals surface area contributed by atoms with Crippen molar-refractivity contribution in [3.05, 3.63) is 80.8 Å². The summed E-state index contributed by atoms with van der Waals surface area (Å²) in [4.78, 5) is 30.2. The van der Waals surface area contributed by atoms with E-state index in [1.54, 1.807) is 25.3 Å². The highest BCUT2D eigenvalue weighted by molar-refractivity contribution is 9.10. The molecule has 3 aromatic carbocycles. The Hall–Kier alpha value is -3.52. The molecule has 0 unspecified atom stereocenters. The molecule has 4 aromatic rings. The van der Waals surface area contributed by atoms with Crippen molar-refractivity contribution in [2.45, 2.75) is 39.2 Å². The van der Waals surface area contributed by atoms with E-state index in [-0.39, 0.29) is 11.5 Å². The Kier molecular flexibility index (Phi) is 7.31. The monoisotopic (exact) mass is 535 g/mol. The van der Waals surface area contributed by atoms with Gasteiger partial charge in [-0.15, -0.1) is 0 Å². The number of aromatic nitrogens is 2. The molecular formula is C27H26BrN3O4. The average Bonchev–Trinajstić information content (AvgIpc) is 2.87. The van der Waals surface area contributed by atoms with E-state index in [2.05, 4.69) is 21.0 Å². The van der Waals surface area contributed by atoms with Crippen molar-refractivity contribution in [1.29, 1.82) is 0 Å². The number of carbonyl (C=O) groups excluding carboxylic acids is 1. The molecule has 1 aromatic heterocycles. The Balaban J connectivity index is 1.91. The van der Waals surface area contributed by atoms with E-state index in [9.17, 15) is 9.59 Å². The molecule has 0 aliphatic carbocycles. The van der Waals surface area contributed by atoms with E-state index < -0.39 is 12.1 Å². The summed E-state index contributed by atoms with van der Waals surface area (Å²) >= 11 is 3.44. The Morgan fingerprint density at radius 3 is 2.66 bits per heavy atom. The van der Waals surface area contributed by atoms with Crippen LogP contribution in [0.5, 0.6) is 5.75 Å². The Bertz CT molecular complexity index is 1500. The van der Waals surface area contributed by atoms with Gasteiger partial charge in [0.25, 0.3) is 5.56 Å². The van der Waals surface area contributed by atoms with Crippen LogP contribution in [0, 0.1) is 0 Å². The van der Waals surface area contributed by atoms with Gasteiger partial charge in [0.15, 0.2) is 6.10 Å². The normalized spacial score (nSPS) is 13.3. The highest BCUT2D eigenvalue weighted by Crippen LogP contribution is 2.28. The first-order valence-corrected chi connectivity index (χ1v) is 12.2. The fourth-order valence-electron chi connectivity index (χ4n) is 3.81. The van der Waals surface area contributed by atoms with Gasteiger partial charge in [0, 0.05) is 16.0 Å². The first kappa shape index (κ1) is 24.6. The predicted octanol–water partition coefficient (Wildman–Crippen LogP) is 5.65. The number of benzene rings is 3. The third kappa shape index (κ3) is 4.98. The van der Waals surface area contributed by atoms with Crippen molar-refractivity contribution in [3.8, 4) is 5.75 Å². The molecule has 35 heavy (non-hydrogen) atoms. The van der Waals surface area contributed by atoms with Crippen molar-refractivity contribution in [2.75, 3.05) is 7.11 Å². The van der Waals surface area contributed by atoms with Gasteiger partial charge in [-0.2, -0.15) is 9.78 Å². The summed E-state index contributed by atoms with van der Waals surface area (Å²) in [6, 6.07) is 16.9. The van der Waals surface area contributed by atoms with E-state index in [4.69, 9.17) is 14.5 Å². The van der Waals surface area contributed by atoms with Crippen LogP contribution in [0.15, 0.2) is 69.0 Å². The van der Waals surface area contributed by atoms with Crippen LogP contribution < -0.4 is 10.3 Å². The maximum Gasteiger partial charge on any atom is 0.346 e. The molecule has 0 saturated carbocycles. The molecule has 0 saturated heterocycles. The van der Waals surface area contributed by atoms with Gasteiger partial charge in [0.2, 0.25) is 0 Å². The van der Waals surface area contributed by atoms with Crippen LogP contribution in [0.2, 0.25) is 0 Å². The van der Waals surface area contributed by atoms with Gasteiger partial charge in [0.05, 0.1) is 24.2 Å². The van der Waals surface area contributed by atoms with E-state index in [0.717, 1.165) is 21.7 Å². The summed E-state index contributed by atoms with van der Waals surface area (Å²) in [5.41, 5.74) is 1.02. The summed E-state index contributed by atoms with van der Waals surface area (Å²) in [7, 11) is 1.32. The molecule has 4 rings (SSSR count). The molecule has 0 spiro atoms. The van der Waals surface area contributed by atoms with Crippen LogP contribution in [-0.4, -0.2) is 35.1 Å². The number of carbonyl (C=O) groups is 1. The summed E-state index contributed by atoms with van der Waals surface area (Å²) in [6.45, 7) is 5.68. The van der Waals surface area contributed by atoms with Crippen LogP contribution >= 0.6 is 15.9 Å². The van der Waals surface area contributed by atoms with Crippen LogP contribution in [-0.2, 0) is 9.53 Å². The second-order valence-corrected chi connectivity index (χ2v) is 9.20. The molecule has 0 bridgehead atoms. The SMILES string of the molecule is CC[C@H](C)c1nc2ccc(Br)cc2c(=O)n1N=Cc1c(O[C@@H](C)C(=O)OC)ccc2ccccc12. The van der Waals surface area contributed by atoms with Gasteiger partial charge < -0.3 is 9.47 Å². The van der Waals surface area contributed by atoms with Gasteiger partial charge in [-0.25, -0.2) is 9.78 Å². The zero-order valence-corrected chi connectivity index (χ0v) is 21.6. The molecule has 0 radical (unpaired) electrons. The molecule has 0 aliphatic rings. The van der Waals surface area contributed by atoms with Crippen LogP contribution in [0.3, 0.4) is 0 Å². The van der Waals surface area contributed by atoms with Crippen molar-refractivity contribution >= 4 is 49.8 Å². The number of nitrogens with zero attached hydrogens (tertiary/aromatic N) is 3. The lowest BCUT2D eigenvalue weighted by Gasteiger charge is -2.16. The number of hydrogen-bond donors (Lipinski definition) is 0. The Morgan fingerprint density at radius 2 is 1.91 bits per heavy atom. The number of methoxy groups -OCH3 is 1. The molecule has 7 nitrogen and oxygen atoms in total. The Labute approximate surface area is 211 Å². The fraction of sp³-hybridized carbons (Fsp3) is 0.259. The highest BCUT2D eigenvalue weighted by Gasteiger charge is 2.19. The third-order valence-corrected chi connectivity index (χ3v) is 6.45. The molecule has 8 heteroatoms. The zero-order chi connectivity index (χ0) is 25.1. The summed E-state index contributed by atoms with van der Waals surface area (Å²) < 4.78 is 12.9. The minimum atomic E-state index is -0.814. The van der Waals surface area contributed by atoms with Gasteiger partial charge in [-0.3, -0.25) is 4.79 Å². The number of rotatable bonds is 7. The van der Waals surface area contributed by atoms with Gasteiger partial charge in [0.1, 0.15) is 11.6 Å². The Morgan fingerprint density at radius 1 is 1.14 bits per heavy atom. The van der Waals surface area contributed by atoms with Crippen LogP contribution in [0.1, 0.15) is 44.5 Å². The van der Waals surface area contributed by atoms with Gasteiger partial charge >= 0.3 is 5.97 Å². The maximum absolute atomic E-state index is 13.5. The number of halogens is 1. The average molecular weight is 536 g/mol. The molecular weight excluding hydrogens is 510 g/mol. The lowest BCUT2D eigenvalue weighted by Crippen LogP contribution is -2.25. The lowest BCUT2D eigenvalue weighted by atomic mass is 10.0. The zero-order valence-electron chi connectivity index (χ0n) is 20.0. The van der Waals surface area contributed by atoms with Crippen LogP contribution in [0.25, 0.3) is 21.7 Å². The van der Waals surface area contributed by atoms with E-state index in [1.165, 1.54) is 11.8 Å². The molecule has 0 amide bonds. The number of ether oxygens (including phenoxy) is 2. The second kappa shape index (κ2) is 10.4. The van der Waals surface area contributed by atoms with E-state index in [0.29, 0.717) is 28.0 Å². The minimum absolute atomic E-state index is 0.00971. The van der Waals surface area contributed by atoms with Crippen molar-refractivity contribution < 1.29 is 14.3 Å². The quantitative estimate of drug-likeness (QED) is 0.225. The number of esters is 1. The standard InChI is InChI=1S/C27H26BrN3O4/c1-5-16(2)25-30-23-12-11-19(28)14-21(23)26(32)31(25)29-15-22-20-9-7-6-8-18(20)10-13-24(22)35-17(3)27(33)34-4/h6-17H,5H2,1-4H3/t16-,17-/m0/s1. The fourth-order valence-corrected chi connectivity index (χ4v) is 4.17. The van der Waals surface area contributed by atoms with Crippen LogP contribution in [0.4, 0.5) is 0 Å². The highest BCUT2D eigenvalue weighted by atomic mass is 79.9. The maximum atomic E-state index is 13.5. The lowest BCUT2D eigenvalue weighted by molar-refractivity contribution is -0.147. The summed E-state index contributed by atoms with van der Waals surface area (Å²) in [6.07, 6.45) is 1.58. The number of hydrogen-bond acceptors (Lipinski definition) is 6. The third-order valence-electron chi connectivity index (χ3n) is 5.96. The minimum Gasteiger partial charge on any atom is -0.478 e. The van der Waals surface area contributed by atoms with Gasteiger partial charge in [-0.1, -0.05) is 60.1 Å². The van der Waals surface area contributed by atoms with Crippen molar-refractivity contribution in [3.63, 3.8) is 0 Å². The molecule has 2 atom stereocenters. The second-order valence-electron chi connectivity index (χ2n) is 8.28. The van der Waals surface area contributed by atoms with E-state index >= 15 is 0 Å². The first-order valence-electron chi connectivity index (χ1n) is 11.4. The summed E-state index contributed by atoms with van der Waals surface area (Å²) in [5, 5.41) is 6.93. The summed E-state index contributed by atoms with van der Waals surface area (Å²) in [5.74, 6) is 0.560. The molecule has 0 aliphatic heterocycles. The van der Waals surface area contributed by atoms with Crippen molar-refractivity contribution in [1.82, 2.24) is 9.66 Å². The van der Waals surface area contributed by atoms with Crippen molar-refractivity contribution in [2.24, 2.45) is 5.10 Å². The molecule has 1 heterocycles.